The first-order valence-corrected chi connectivity index (χ1v) is 6.73. The topological polar surface area (TPSA) is 21.3 Å². The summed E-state index contributed by atoms with van der Waals surface area (Å²) in [5.41, 5.74) is 1.03. The van der Waals surface area contributed by atoms with Crippen LogP contribution >= 0.6 is 0 Å². The Hall–Kier alpha value is -0.930. The van der Waals surface area contributed by atoms with Crippen LogP contribution in [0.3, 0.4) is 0 Å². The van der Waals surface area contributed by atoms with Crippen molar-refractivity contribution in [3.8, 4) is 0 Å². The minimum absolute atomic E-state index is 0.0146. The fourth-order valence-corrected chi connectivity index (χ4v) is 2.55. The van der Waals surface area contributed by atoms with Crippen molar-refractivity contribution >= 4 is 0 Å². The first kappa shape index (κ1) is 13.5. The number of hydrogen-bond donors (Lipinski definition) is 1. The molecule has 1 aromatic carbocycles. The van der Waals surface area contributed by atoms with Gasteiger partial charge < -0.3 is 10.1 Å². The maximum atomic E-state index is 13.2. The quantitative estimate of drug-likeness (QED) is 0.836. The molecule has 1 aliphatic rings. The van der Waals surface area contributed by atoms with E-state index in [2.05, 4.69) is 12.2 Å². The molecule has 1 unspecified atom stereocenters. The summed E-state index contributed by atoms with van der Waals surface area (Å²) in [6, 6.07) is 7.04. The molecular weight excluding hydrogens is 229 g/mol. The average Bonchev–Trinajstić information content (AvgIpc) is 2.33. The molecule has 0 aromatic heterocycles. The molecule has 1 N–H and O–H groups in total. The molecule has 1 aromatic rings. The highest BCUT2D eigenvalue weighted by molar-refractivity contribution is 5.20. The lowest BCUT2D eigenvalue weighted by Gasteiger charge is -2.41. The fraction of sp³-hybridized carbons (Fsp3) is 0.600. The molecule has 18 heavy (non-hydrogen) atoms. The second-order valence-corrected chi connectivity index (χ2v) is 5.14. The fourth-order valence-electron chi connectivity index (χ4n) is 2.55. The third-order valence-electron chi connectivity index (χ3n) is 4.03. The summed E-state index contributed by atoms with van der Waals surface area (Å²) in [6.45, 7) is 2.96. The van der Waals surface area contributed by atoms with E-state index in [1.54, 1.807) is 19.2 Å². The summed E-state index contributed by atoms with van der Waals surface area (Å²) in [7, 11) is 1.78. The van der Waals surface area contributed by atoms with Crippen LogP contribution in [-0.4, -0.2) is 19.3 Å². The highest BCUT2D eigenvalue weighted by atomic mass is 19.1. The lowest BCUT2D eigenvalue weighted by Crippen LogP contribution is -2.48. The molecule has 2 rings (SSSR count). The van der Waals surface area contributed by atoms with Crippen LogP contribution < -0.4 is 5.32 Å². The van der Waals surface area contributed by atoms with Gasteiger partial charge in [-0.15, -0.1) is 0 Å². The summed E-state index contributed by atoms with van der Waals surface area (Å²) in [4.78, 5) is 0. The van der Waals surface area contributed by atoms with E-state index in [1.165, 1.54) is 12.5 Å². The van der Waals surface area contributed by atoms with Gasteiger partial charge in [0, 0.05) is 19.7 Å². The maximum absolute atomic E-state index is 13.2. The van der Waals surface area contributed by atoms with Crippen LogP contribution in [0.2, 0.25) is 0 Å². The van der Waals surface area contributed by atoms with E-state index in [0.717, 1.165) is 31.4 Å². The zero-order valence-corrected chi connectivity index (χ0v) is 11.2. The van der Waals surface area contributed by atoms with E-state index in [-0.39, 0.29) is 17.5 Å². The van der Waals surface area contributed by atoms with Gasteiger partial charge in [0.2, 0.25) is 0 Å². The molecule has 1 aliphatic carbocycles. The number of methoxy groups -OCH3 is 1. The van der Waals surface area contributed by atoms with E-state index in [1.807, 2.05) is 6.07 Å². The molecule has 1 fully saturated rings. The smallest absolute Gasteiger partial charge is 0.123 e. The number of halogens is 1. The van der Waals surface area contributed by atoms with Crippen LogP contribution in [0.1, 0.15) is 44.2 Å². The normalized spacial score (nSPS) is 19.3. The number of rotatable bonds is 6. The molecular formula is C15H22FNO. The molecule has 3 heteroatoms. The largest absolute Gasteiger partial charge is 0.377 e. The van der Waals surface area contributed by atoms with E-state index in [9.17, 15) is 4.39 Å². The zero-order valence-electron chi connectivity index (χ0n) is 11.2. The molecule has 0 heterocycles. The van der Waals surface area contributed by atoms with Crippen molar-refractivity contribution in [1.82, 2.24) is 5.32 Å². The predicted molar refractivity (Wildman–Crippen MR) is 71.0 cm³/mol. The van der Waals surface area contributed by atoms with Crippen molar-refractivity contribution in [3.05, 3.63) is 35.6 Å². The predicted octanol–water partition coefficient (Wildman–Crippen LogP) is 3.44. The summed E-state index contributed by atoms with van der Waals surface area (Å²) >= 11 is 0. The Morgan fingerprint density at radius 3 is 2.72 bits per heavy atom. The highest BCUT2D eigenvalue weighted by Gasteiger charge is 2.37. The molecule has 2 nitrogen and oxygen atoms in total. The van der Waals surface area contributed by atoms with E-state index in [4.69, 9.17) is 4.74 Å². The molecule has 0 spiro atoms. The molecule has 0 saturated heterocycles. The van der Waals surface area contributed by atoms with Crippen molar-refractivity contribution in [3.63, 3.8) is 0 Å². The van der Waals surface area contributed by atoms with Crippen LogP contribution in [0.25, 0.3) is 0 Å². The lowest BCUT2D eigenvalue weighted by molar-refractivity contribution is -0.0709. The van der Waals surface area contributed by atoms with Crippen LogP contribution in [0, 0.1) is 5.82 Å². The summed E-state index contributed by atoms with van der Waals surface area (Å²) in [5.74, 6) is -0.169. The Morgan fingerprint density at radius 2 is 2.22 bits per heavy atom. The lowest BCUT2D eigenvalue weighted by atomic mass is 9.79. The van der Waals surface area contributed by atoms with Gasteiger partial charge in [-0.25, -0.2) is 4.39 Å². The molecule has 0 amide bonds. The number of nitrogens with one attached hydrogen (secondary N) is 1. The molecule has 100 valence electrons. The summed E-state index contributed by atoms with van der Waals surface area (Å²) < 4.78 is 18.8. The summed E-state index contributed by atoms with van der Waals surface area (Å²) in [5, 5.41) is 3.51. The SMILES string of the molecule is CCC(NCC1(OC)CCC1)c1cccc(F)c1. The highest BCUT2D eigenvalue weighted by Crippen LogP contribution is 2.35. The number of ether oxygens (including phenoxy) is 1. The van der Waals surface area contributed by atoms with E-state index >= 15 is 0 Å². The van der Waals surface area contributed by atoms with Gasteiger partial charge >= 0.3 is 0 Å². The van der Waals surface area contributed by atoms with Gasteiger partial charge in [-0.05, 0) is 43.4 Å². The minimum Gasteiger partial charge on any atom is -0.377 e. The van der Waals surface area contributed by atoms with E-state index in [0.29, 0.717) is 0 Å². The van der Waals surface area contributed by atoms with Gasteiger partial charge in [-0.3, -0.25) is 0 Å². The van der Waals surface area contributed by atoms with Gasteiger partial charge in [0.25, 0.3) is 0 Å². The van der Waals surface area contributed by atoms with Crippen molar-refractivity contribution in [2.45, 2.75) is 44.2 Å². The third-order valence-corrected chi connectivity index (χ3v) is 4.03. The van der Waals surface area contributed by atoms with Gasteiger partial charge in [-0.2, -0.15) is 0 Å². The van der Waals surface area contributed by atoms with Gasteiger partial charge in [0.1, 0.15) is 5.82 Å². The second-order valence-electron chi connectivity index (χ2n) is 5.14. The zero-order chi connectivity index (χ0) is 13.0. The molecule has 0 bridgehead atoms. The first-order chi connectivity index (χ1) is 8.69. The van der Waals surface area contributed by atoms with Crippen molar-refractivity contribution in [2.24, 2.45) is 0 Å². The van der Waals surface area contributed by atoms with Crippen molar-refractivity contribution < 1.29 is 9.13 Å². The first-order valence-electron chi connectivity index (χ1n) is 6.73. The van der Waals surface area contributed by atoms with E-state index < -0.39 is 0 Å². The van der Waals surface area contributed by atoms with Crippen molar-refractivity contribution in [1.29, 1.82) is 0 Å². The van der Waals surface area contributed by atoms with Gasteiger partial charge in [-0.1, -0.05) is 19.1 Å². The summed E-state index contributed by atoms with van der Waals surface area (Å²) in [6.07, 6.45) is 4.43. The van der Waals surface area contributed by atoms with Crippen LogP contribution in [0.15, 0.2) is 24.3 Å². The van der Waals surface area contributed by atoms with Crippen LogP contribution in [0.5, 0.6) is 0 Å². The Labute approximate surface area is 109 Å². The van der Waals surface area contributed by atoms with Crippen LogP contribution in [-0.2, 0) is 4.74 Å². The maximum Gasteiger partial charge on any atom is 0.123 e. The third kappa shape index (κ3) is 2.90. The average molecular weight is 251 g/mol. The number of hydrogen-bond acceptors (Lipinski definition) is 2. The Morgan fingerprint density at radius 1 is 1.44 bits per heavy atom. The standard InChI is InChI=1S/C15H22FNO/c1-3-14(12-6-4-7-13(16)10-12)17-11-15(18-2)8-5-9-15/h4,6-7,10,14,17H,3,5,8-9,11H2,1-2H3. The molecule has 1 atom stereocenters. The molecule has 0 aliphatic heterocycles. The molecule has 1 saturated carbocycles. The Kier molecular flexibility index (Phi) is 4.36. The Balaban J connectivity index is 1.97. The van der Waals surface area contributed by atoms with Gasteiger partial charge in [0.15, 0.2) is 0 Å². The van der Waals surface area contributed by atoms with Gasteiger partial charge in [0.05, 0.1) is 5.60 Å². The minimum atomic E-state index is -0.169. The Bertz CT molecular complexity index is 384. The van der Waals surface area contributed by atoms with Crippen molar-refractivity contribution in [2.75, 3.05) is 13.7 Å². The van der Waals surface area contributed by atoms with Crippen LogP contribution in [0.4, 0.5) is 4.39 Å². The monoisotopic (exact) mass is 251 g/mol. The molecule has 0 radical (unpaired) electrons. The number of benzene rings is 1. The second kappa shape index (κ2) is 5.81.